The molecule has 88 valence electrons. The van der Waals surface area contributed by atoms with Crippen molar-refractivity contribution >= 4 is 11.1 Å². The SMILES string of the molecule is [N-]=[N+]=NCCCCCCC(F)(F)S(=O)[O-]. The largest absolute Gasteiger partial charge is 0.768 e. The smallest absolute Gasteiger partial charge is 0.309 e. The van der Waals surface area contributed by atoms with Crippen LogP contribution in [0.5, 0.6) is 0 Å². The lowest BCUT2D eigenvalue weighted by molar-refractivity contribution is 0.0761. The molecule has 0 saturated carbocycles. The first-order valence-electron chi connectivity index (χ1n) is 4.49. The van der Waals surface area contributed by atoms with Gasteiger partial charge in [-0.2, -0.15) is 8.78 Å². The monoisotopic (exact) mass is 240 g/mol. The summed E-state index contributed by atoms with van der Waals surface area (Å²) in [6.45, 7) is 0.348. The molecule has 0 aliphatic carbocycles. The molecule has 0 aliphatic heterocycles. The lowest BCUT2D eigenvalue weighted by Gasteiger charge is -2.18. The highest BCUT2D eigenvalue weighted by Crippen LogP contribution is 2.24. The van der Waals surface area contributed by atoms with Gasteiger partial charge in [-0.1, -0.05) is 18.0 Å². The number of unbranched alkanes of at least 4 members (excludes halogenated alkanes) is 3. The number of alkyl halides is 2. The van der Waals surface area contributed by atoms with Gasteiger partial charge in [0, 0.05) is 29.0 Å². The average Bonchev–Trinajstić information content (AvgIpc) is 2.16. The zero-order chi connectivity index (χ0) is 11.7. The summed E-state index contributed by atoms with van der Waals surface area (Å²) < 4.78 is 45.0. The number of halogens is 2. The third-order valence-electron chi connectivity index (χ3n) is 1.78. The molecular formula is C7H12F2N3O2S-. The third-order valence-corrected chi connectivity index (χ3v) is 2.47. The molecule has 0 radical (unpaired) electrons. The summed E-state index contributed by atoms with van der Waals surface area (Å²) in [7, 11) is 0. The molecule has 0 aromatic rings. The topological polar surface area (TPSA) is 88.9 Å². The predicted octanol–water partition coefficient (Wildman–Crippen LogP) is 2.72. The Kier molecular flexibility index (Phi) is 7.19. The van der Waals surface area contributed by atoms with Crippen LogP contribution in [-0.4, -0.2) is 20.6 Å². The summed E-state index contributed by atoms with van der Waals surface area (Å²) in [5, 5.41) is -0.340. The molecule has 0 rings (SSSR count). The van der Waals surface area contributed by atoms with Crippen molar-refractivity contribution in [3.63, 3.8) is 0 Å². The van der Waals surface area contributed by atoms with Crippen molar-refractivity contribution in [2.45, 2.75) is 37.4 Å². The van der Waals surface area contributed by atoms with Crippen molar-refractivity contribution in [1.29, 1.82) is 0 Å². The Morgan fingerprint density at radius 3 is 2.47 bits per heavy atom. The molecule has 1 unspecified atom stereocenters. The van der Waals surface area contributed by atoms with Crippen molar-refractivity contribution in [1.82, 2.24) is 0 Å². The van der Waals surface area contributed by atoms with E-state index in [0.717, 1.165) is 0 Å². The Balaban J connectivity index is 3.46. The van der Waals surface area contributed by atoms with E-state index in [2.05, 4.69) is 10.0 Å². The first-order chi connectivity index (χ1) is 7.00. The van der Waals surface area contributed by atoms with Gasteiger partial charge < -0.3 is 4.55 Å². The van der Waals surface area contributed by atoms with Crippen LogP contribution in [0.25, 0.3) is 10.4 Å². The van der Waals surface area contributed by atoms with Crippen molar-refractivity contribution in [2.75, 3.05) is 6.54 Å². The van der Waals surface area contributed by atoms with E-state index in [-0.39, 0.29) is 6.42 Å². The summed E-state index contributed by atoms with van der Waals surface area (Å²) in [4.78, 5) is 2.54. The van der Waals surface area contributed by atoms with Gasteiger partial charge in [-0.05, 0) is 18.4 Å². The first-order valence-corrected chi connectivity index (χ1v) is 5.56. The van der Waals surface area contributed by atoms with Crippen LogP contribution in [0, 0.1) is 0 Å². The molecule has 0 aromatic carbocycles. The van der Waals surface area contributed by atoms with E-state index in [9.17, 15) is 17.5 Å². The molecule has 0 aliphatic rings. The summed E-state index contributed by atoms with van der Waals surface area (Å²) in [6, 6.07) is 0. The fourth-order valence-electron chi connectivity index (χ4n) is 0.995. The maximum absolute atomic E-state index is 12.5. The van der Waals surface area contributed by atoms with Crippen LogP contribution in [-0.2, 0) is 11.1 Å². The van der Waals surface area contributed by atoms with E-state index < -0.39 is 22.8 Å². The zero-order valence-corrected chi connectivity index (χ0v) is 8.88. The van der Waals surface area contributed by atoms with Gasteiger partial charge in [0.1, 0.15) is 0 Å². The molecule has 0 aromatic heterocycles. The highest BCUT2D eigenvalue weighted by Gasteiger charge is 2.29. The summed E-state index contributed by atoms with van der Waals surface area (Å²) in [5.41, 5.74) is 7.93. The molecule has 0 N–H and O–H groups in total. The van der Waals surface area contributed by atoms with E-state index in [4.69, 9.17) is 5.53 Å². The number of hydrogen-bond acceptors (Lipinski definition) is 3. The van der Waals surface area contributed by atoms with Crippen LogP contribution in [0.3, 0.4) is 0 Å². The second-order valence-corrected chi connectivity index (χ2v) is 4.06. The molecule has 15 heavy (non-hydrogen) atoms. The van der Waals surface area contributed by atoms with E-state index >= 15 is 0 Å². The van der Waals surface area contributed by atoms with Crippen molar-refractivity contribution < 1.29 is 17.5 Å². The minimum Gasteiger partial charge on any atom is -0.768 e. The minimum absolute atomic E-state index is 0.150. The zero-order valence-electron chi connectivity index (χ0n) is 8.06. The Hall–Kier alpha value is -0.720. The highest BCUT2D eigenvalue weighted by molar-refractivity contribution is 7.80. The number of rotatable bonds is 8. The second kappa shape index (κ2) is 7.56. The molecule has 0 amide bonds. The van der Waals surface area contributed by atoms with Gasteiger partial charge in [0.2, 0.25) is 0 Å². The van der Waals surface area contributed by atoms with Crippen LogP contribution in [0.15, 0.2) is 5.11 Å². The molecule has 0 bridgehead atoms. The summed E-state index contributed by atoms with van der Waals surface area (Å²) >= 11 is -3.34. The average molecular weight is 240 g/mol. The lowest BCUT2D eigenvalue weighted by Crippen LogP contribution is -2.22. The molecule has 8 heteroatoms. The molecule has 1 atom stereocenters. The Labute approximate surface area is 88.8 Å². The van der Waals surface area contributed by atoms with Crippen LogP contribution in [0.4, 0.5) is 8.78 Å². The molecule has 5 nitrogen and oxygen atoms in total. The standard InChI is InChI=1S/C7H13F2N3O2S/c8-7(9,15(13)14)5-3-1-2-4-6-11-12-10/h1-6H2,(H,13,14)/p-1. The summed E-state index contributed by atoms with van der Waals surface area (Å²) in [6.07, 6.45) is 1.30. The minimum atomic E-state index is -3.62. The third kappa shape index (κ3) is 7.24. The highest BCUT2D eigenvalue weighted by atomic mass is 32.2. The maximum Gasteiger partial charge on any atom is 0.309 e. The molecule has 0 fully saturated rings. The fourth-order valence-corrected chi connectivity index (χ4v) is 1.31. The van der Waals surface area contributed by atoms with Gasteiger partial charge >= 0.3 is 5.25 Å². The van der Waals surface area contributed by atoms with Crippen LogP contribution < -0.4 is 0 Å². The van der Waals surface area contributed by atoms with E-state index in [1.807, 2.05) is 0 Å². The molecule has 0 saturated heterocycles. The van der Waals surface area contributed by atoms with Crippen molar-refractivity contribution in [3.8, 4) is 0 Å². The van der Waals surface area contributed by atoms with Gasteiger partial charge in [0.05, 0.1) is 0 Å². The molecule has 0 spiro atoms. The van der Waals surface area contributed by atoms with E-state index in [1.165, 1.54) is 0 Å². The molecule has 0 heterocycles. The number of azide groups is 1. The fraction of sp³-hybridized carbons (Fsp3) is 1.00. The van der Waals surface area contributed by atoms with Crippen molar-refractivity contribution in [2.24, 2.45) is 5.11 Å². The van der Waals surface area contributed by atoms with Gasteiger partial charge in [0.15, 0.2) is 0 Å². The van der Waals surface area contributed by atoms with E-state index in [0.29, 0.717) is 25.8 Å². The number of nitrogens with zero attached hydrogens (tertiary/aromatic N) is 3. The van der Waals surface area contributed by atoms with Crippen LogP contribution >= 0.6 is 0 Å². The normalized spacial score (nSPS) is 13.3. The van der Waals surface area contributed by atoms with Gasteiger partial charge in [-0.25, -0.2) is 0 Å². The van der Waals surface area contributed by atoms with Gasteiger partial charge in [-0.3, -0.25) is 4.21 Å². The van der Waals surface area contributed by atoms with Crippen LogP contribution in [0.1, 0.15) is 32.1 Å². The van der Waals surface area contributed by atoms with Gasteiger partial charge in [0.25, 0.3) is 0 Å². The number of hydrogen-bond donors (Lipinski definition) is 0. The Bertz CT molecular complexity index is 257. The molecular weight excluding hydrogens is 228 g/mol. The Morgan fingerprint density at radius 1 is 1.33 bits per heavy atom. The first kappa shape index (κ1) is 14.3. The lowest BCUT2D eigenvalue weighted by atomic mass is 10.1. The predicted molar refractivity (Wildman–Crippen MR) is 51.0 cm³/mol. The van der Waals surface area contributed by atoms with Gasteiger partial charge in [-0.15, -0.1) is 0 Å². The summed E-state index contributed by atoms with van der Waals surface area (Å²) in [5.74, 6) is 0. The quantitative estimate of drug-likeness (QED) is 0.214. The Morgan fingerprint density at radius 2 is 1.93 bits per heavy atom. The second-order valence-electron chi connectivity index (χ2n) is 2.99. The van der Waals surface area contributed by atoms with Crippen LogP contribution in [0.2, 0.25) is 0 Å². The van der Waals surface area contributed by atoms with E-state index in [1.54, 1.807) is 0 Å². The van der Waals surface area contributed by atoms with Crippen molar-refractivity contribution in [3.05, 3.63) is 10.4 Å². The maximum atomic E-state index is 12.5.